The minimum Gasteiger partial charge on any atom is -0.395 e. The van der Waals surface area contributed by atoms with Crippen molar-refractivity contribution in [2.45, 2.75) is 90.6 Å². The minimum absolute atomic E-state index is 0.103. The lowest BCUT2D eigenvalue weighted by atomic mass is 9.45. The fourth-order valence-electron chi connectivity index (χ4n) is 8.15. The van der Waals surface area contributed by atoms with Crippen LogP contribution < -0.4 is 0 Å². The molecule has 1 aliphatic heterocycles. The summed E-state index contributed by atoms with van der Waals surface area (Å²) in [5.41, 5.74) is 0.874. The molecule has 4 saturated carbocycles. The van der Waals surface area contributed by atoms with Gasteiger partial charge in [0.15, 0.2) is 12.0 Å². The molecule has 5 fully saturated rings. The topological polar surface area (TPSA) is 64.4 Å². The van der Waals surface area contributed by atoms with Gasteiger partial charge in [-0.15, -0.1) is 0 Å². The Morgan fingerprint density at radius 2 is 1.84 bits per heavy atom. The van der Waals surface area contributed by atoms with E-state index in [2.05, 4.69) is 11.8 Å². The van der Waals surface area contributed by atoms with E-state index in [9.17, 15) is 9.18 Å². The zero-order valence-corrected chi connectivity index (χ0v) is 19.7. The molecular weight excluding hydrogens is 391 g/mol. The maximum Gasteiger partial charge on any atom is 0.173 e. The van der Waals surface area contributed by atoms with Gasteiger partial charge in [-0.25, -0.2) is 4.39 Å². The molecule has 4 aliphatic carbocycles. The predicted molar refractivity (Wildman–Crippen MR) is 122 cm³/mol. The van der Waals surface area contributed by atoms with Gasteiger partial charge in [-0.05, 0) is 106 Å². The average Bonchev–Trinajstić information content (AvgIpc) is 3.00. The van der Waals surface area contributed by atoms with Crippen LogP contribution in [0.25, 0.3) is 0 Å². The molecule has 2 N–H and O–H groups in total. The Bertz CT molecular complexity index is 676. The van der Waals surface area contributed by atoms with Crippen LogP contribution in [0.3, 0.4) is 0 Å². The summed E-state index contributed by atoms with van der Waals surface area (Å²) in [6.45, 7) is 8.06. The van der Waals surface area contributed by atoms with Crippen molar-refractivity contribution in [2.75, 3.05) is 26.2 Å². The van der Waals surface area contributed by atoms with Gasteiger partial charge < -0.3 is 15.4 Å². The molecule has 1 saturated heterocycles. The average molecular weight is 435 g/mol. The Morgan fingerprint density at radius 3 is 2.55 bits per heavy atom. The predicted octanol–water partition coefficient (Wildman–Crippen LogP) is 5.03. The van der Waals surface area contributed by atoms with Crippen LogP contribution in [0.1, 0.15) is 84.5 Å². The second-order valence-electron chi connectivity index (χ2n) is 11.6. The molecule has 0 amide bonds. The zero-order valence-electron chi connectivity index (χ0n) is 19.7. The van der Waals surface area contributed by atoms with Crippen LogP contribution in [0.5, 0.6) is 0 Å². The van der Waals surface area contributed by atoms with Crippen molar-refractivity contribution in [1.82, 2.24) is 4.90 Å². The molecule has 0 bridgehead atoms. The number of rotatable bonds is 2. The van der Waals surface area contributed by atoms with Crippen LogP contribution in [0.15, 0.2) is 0 Å². The number of nitrogens with zero attached hydrogens (tertiary/aromatic N) is 1. The number of hydrogen-bond donors (Lipinski definition) is 2. The molecule has 0 aromatic heterocycles. The summed E-state index contributed by atoms with van der Waals surface area (Å²) >= 11 is 0. The molecule has 0 radical (unpaired) electrons. The summed E-state index contributed by atoms with van der Waals surface area (Å²) < 4.78 is 14.1. The number of halogens is 1. The van der Waals surface area contributed by atoms with Crippen LogP contribution in [-0.4, -0.2) is 53.9 Å². The highest BCUT2D eigenvalue weighted by Gasteiger charge is 2.62. The lowest BCUT2D eigenvalue weighted by Crippen LogP contribution is -2.53. The second-order valence-corrected chi connectivity index (χ2v) is 11.6. The molecule has 1 heterocycles. The Labute approximate surface area is 187 Å². The number of likely N-dealkylation sites (tertiary alicyclic amines) is 1. The molecule has 176 valence electrons. The summed E-state index contributed by atoms with van der Waals surface area (Å²) in [5, 5.41) is 16.6. The lowest BCUT2D eigenvalue weighted by molar-refractivity contribution is -0.138. The maximum absolute atomic E-state index is 14.1. The van der Waals surface area contributed by atoms with Crippen molar-refractivity contribution >= 4 is 11.5 Å². The van der Waals surface area contributed by atoms with Gasteiger partial charge in [0.25, 0.3) is 0 Å². The molecule has 5 unspecified atom stereocenters. The molecule has 4 nitrogen and oxygen atoms in total. The van der Waals surface area contributed by atoms with Crippen molar-refractivity contribution < 1.29 is 14.3 Å². The SMILES string of the molecule is C[C@]12CCC(=N)CC1CCC1C2CC[C@]2(C)C(=O)C(F)CC12.OCCN1CCCCC1. The monoisotopic (exact) mass is 434 g/mol. The molecule has 5 aliphatic rings. The molecule has 0 spiro atoms. The molecule has 31 heavy (non-hydrogen) atoms. The maximum atomic E-state index is 14.1. The van der Waals surface area contributed by atoms with Crippen molar-refractivity contribution in [2.24, 2.45) is 34.5 Å². The van der Waals surface area contributed by atoms with Gasteiger partial charge in [-0.1, -0.05) is 20.3 Å². The van der Waals surface area contributed by atoms with Crippen LogP contribution in [0.2, 0.25) is 0 Å². The third-order valence-corrected chi connectivity index (χ3v) is 10.1. The first kappa shape index (κ1) is 23.4. The molecule has 0 aromatic rings. The number of carbonyl (C=O) groups is 1. The quantitative estimate of drug-likeness (QED) is 0.641. The first-order valence-electron chi connectivity index (χ1n) is 12.9. The lowest BCUT2D eigenvalue weighted by Gasteiger charge is -2.59. The first-order chi connectivity index (χ1) is 14.8. The minimum atomic E-state index is -1.21. The number of fused-ring (bicyclic) bond motifs is 5. The smallest absolute Gasteiger partial charge is 0.173 e. The molecule has 5 rings (SSSR count). The Kier molecular flexibility index (Phi) is 6.94. The van der Waals surface area contributed by atoms with E-state index >= 15 is 0 Å². The molecule has 7 atom stereocenters. The van der Waals surface area contributed by atoms with E-state index in [0.29, 0.717) is 36.2 Å². The van der Waals surface area contributed by atoms with Crippen LogP contribution in [0.4, 0.5) is 4.39 Å². The highest BCUT2D eigenvalue weighted by Crippen LogP contribution is 2.65. The fraction of sp³-hybridized carbons (Fsp3) is 0.923. The van der Waals surface area contributed by atoms with Gasteiger partial charge in [0.2, 0.25) is 0 Å². The highest BCUT2D eigenvalue weighted by atomic mass is 19.1. The third-order valence-electron chi connectivity index (χ3n) is 10.1. The number of hydrogen-bond acceptors (Lipinski definition) is 4. The number of aliphatic hydroxyl groups is 1. The number of Topliss-reactive ketones (excluding diaryl/α,β-unsaturated/α-hetero) is 1. The number of piperidine rings is 1. The largest absolute Gasteiger partial charge is 0.395 e. The van der Waals surface area contributed by atoms with Gasteiger partial charge in [0, 0.05) is 17.7 Å². The Morgan fingerprint density at radius 1 is 1.10 bits per heavy atom. The van der Waals surface area contributed by atoms with Crippen LogP contribution in [-0.2, 0) is 4.79 Å². The van der Waals surface area contributed by atoms with Gasteiger partial charge in [0.1, 0.15) is 0 Å². The van der Waals surface area contributed by atoms with E-state index in [1.807, 2.05) is 6.92 Å². The Balaban J connectivity index is 0.000000217. The summed E-state index contributed by atoms with van der Waals surface area (Å²) in [6.07, 6.45) is 10.7. The number of aliphatic hydroxyl groups excluding tert-OH is 1. The van der Waals surface area contributed by atoms with Crippen LogP contribution >= 0.6 is 0 Å². The molecule has 5 heteroatoms. The van der Waals surface area contributed by atoms with Crippen LogP contribution in [0, 0.1) is 39.9 Å². The van der Waals surface area contributed by atoms with E-state index in [4.69, 9.17) is 10.5 Å². The molecular formula is C26H43FN2O2. The van der Waals surface area contributed by atoms with Gasteiger partial charge in [0.05, 0.1) is 6.61 Å². The molecule has 0 aromatic carbocycles. The summed E-state index contributed by atoms with van der Waals surface area (Å²) in [5.74, 6) is 2.01. The Hall–Kier alpha value is -0.810. The second kappa shape index (κ2) is 9.21. The standard InChI is InChI=1S/C19H28FNO.C7H15NO/c1-18-7-5-12(21)9-11(18)3-4-13-14(18)6-8-19(2)15(13)10-16(20)17(19)22;9-7-6-8-4-2-1-3-5-8/h11,13-16,21H,3-10H2,1-2H3;9H,1-7H2/t11?,13?,14?,15?,16?,18-,19-;/m0./s1. The van der Waals surface area contributed by atoms with E-state index < -0.39 is 6.17 Å². The van der Waals surface area contributed by atoms with Gasteiger partial charge in [-0.3, -0.25) is 4.79 Å². The van der Waals surface area contributed by atoms with E-state index in [0.717, 1.165) is 50.8 Å². The van der Waals surface area contributed by atoms with Crippen molar-refractivity contribution in [3.05, 3.63) is 0 Å². The van der Waals surface area contributed by atoms with Gasteiger partial charge in [-0.2, -0.15) is 0 Å². The number of β-amino-alcohol motifs (C(OH)–C–C–N with tert-alkyl or cyclic N) is 1. The summed E-state index contributed by atoms with van der Waals surface area (Å²) in [6, 6.07) is 0. The van der Waals surface area contributed by atoms with E-state index in [1.165, 1.54) is 38.8 Å². The first-order valence-corrected chi connectivity index (χ1v) is 12.9. The normalized spacial score (nSPS) is 45.2. The fourth-order valence-corrected chi connectivity index (χ4v) is 8.15. The van der Waals surface area contributed by atoms with Crippen molar-refractivity contribution in [3.63, 3.8) is 0 Å². The number of ketones is 1. The summed E-state index contributed by atoms with van der Waals surface area (Å²) in [7, 11) is 0. The van der Waals surface area contributed by atoms with Gasteiger partial charge >= 0.3 is 0 Å². The number of alkyl halides is 1. The van der Waals surface area contributed by atoms with E-state index in [1.54, 1.807) is 0 Å². The third kappa shape index (κ3) is 4.26. The summed E-state index contributed by atoms with van der Waals surface area (Å²) in [4.78, 5) is 14.7. The number of carbonyl (C=O) groups excluding carboxylic acids is 1. The van der Waals surface area contributed by atoms with Crippen molar-refractivity contribution in [1.29, 1.82) is 5.41 Å². The zero-order chi connectivity index (χ0) is 22.2. The number of nitrogens with one attached hydrogen (secondary N) is 1. The van der Waals surface area contributed by atoms with Crippen molar-refractivity contribution in [3.8, 4) is 0 Å². The highest BCUT2D eigenvalue weighted by molar-refractivity contribution is 5.91. The van der Waals surface area contributed by atoms with E-state index in [-0.39, 0.29) is 17.1 Å².